The van der Waals surface area contributed by atoms with Crippen LogP contribution in [0.25, 0.3) is 0 Å². The molecule has 14 heavy (non-hydrogen) atoms. The summed E-state index contributed by atoms with van der Waals surface area (Å²) in [6.07, 6.45) is 2.79. The molecular weight excluding hydrogens is 202 g/mol. The molecule has 1 saturated heterocycles. The third kappa shape index (κ3) is 2.61. The lowest BCUT2D eigenvalue weighted by atomic mass is 10.2. The summed E-state index contributed by atoms with van der Waals surface area (Å²) in [4.78, 5) is 13.7. The summed E-state index contributed by atoms with van der Waals surface area (Å²) in [6, 6.07) is 0.236. The van der Waals surface area contributed by atoms with E-state index in [0.717, 1.165) is 19.4 Å². The molecule has 0 aliphatic carbocycles. The van der Waals surface area contributed by atoms with Crippen LogP contribution < -0.4 is 0 Å². The van der Waals surface area contributed by atoms with Gasteiger partial charge in [-0.1, -0.05) is 6.92 Å². The summed E-state index contributed by atoms with van der Waals surface area (Å²) in [5.74, 6) is 0.0636. The molecule has 0 aromatic carbocycles. The molecule has 2 atom stereocenters. The van der Waals surface area contributed by atoms with E-state index in [0.29, 0.717) is 13.0 Å². The van der Waals surface area contributed by atoms with Gasteiger partial charge in [-0.3, -0.25) is 4.79 Å². The van der Waals surface area contributed by atoms with E-state index in [1.165, 1.54) is 0 Å². The van der Waals surface area contributed by atoms with Crippen LogP contribution in [0.5, 0.6) is 0 Å². The maximum atomic E-state index is 11.8. The van der Waals surface area contributed by atoms with Gasteiger partial charge in [-0.05, 0) is 19.3 Å². The van der Waals surface area contributed by atoms with Crippen molar-refractivity contribution in [2.24, 2.45) is 0 Å². The maximum absolute atomic E-state index is 11.8. The minimum absolute atomic E-state index is 0.0636. The fraction of sp³-hybridized carbons (Fsp3) is 0.900. The Labute approximate surface area is 90.4 Å². The summed E-state index contributed by atoms with van der Waals surface area (Å²) < 4.78 is 5.08. The Hall–Kier alpha value is -0.280. The topological polar surface area (TPSA) is 29.5 Å². The Morgan fingerprint density at radius 3 is 3.00 bits per heavy atom. The summed E-state index contributed by atoms with van der Waals surface area (Å²) >= 11 is 5.93. The van der Waals surface area contributed by atoms with Gasteiger partial charge < -0.3 is 9.64 Å². The average molecular weight is 220 g/mol. The molecule has 0 unspecified atom stereocenters. The Morgan fingerprint density at radius 2 is 2.43 bits per heavy atom. The molecule has 1 fully saturated rings. The fourth-order valence-corrected chi connectivity index (χ4v) is 1.97. The van der Waals surface area contributed by atoms with Crippen LogP contribution in [0.15, 0.2) is 0 Å². The van der Waals surface area contributed by atoms with Crippen LogP contribution in [0.1, 0.15) is 26.2 Å². The second-order valence-electron chi connectivity index (χ2n) is 3.66. The number of rotatable bonds is 4. The molecule has 1 heterocycles. The van der Waals surface area contributed by atoms with E-state index in [1.807, 2.05) is 11.8 Å². The standard InChI is InChI=1S/C10H18ClNO2/c1-3-9(11)10(13)12-6-4-5-8(12)7-14-2/h8-9H,3-7H2,1-2H3/t8-,9-/m1/s1. The lowest BCUT2D eigenvalue weighted by molar-refractivity contribution is -0.132. The minimum atomic E-state index is -0.368. The van der Waals surface area contributed by atoms with Crippen LogP contribution in [0.2, 0.25) is 0 Å². The summed E-state index contributed by atoms with van der Waals surface area (Å²) in [7, 11) is 1.67. The molecule has 0 aromatic rings. The van der Waals surface area contributed by atoms with Crippen molar-refractivity contribution in [1.82, 2.24) is 4.90 Å². The molecule has 0 saturated carbocycles. The van der Waals surface area contributed by atoms with Crippen LogP contribution >= 0.6 is 11.6 Å². The van der Waals surface area contributed by atoms with Gasteiger partial charge in [0.25, 0.3) is 0 Å². The van der Waals surface area contributed by atoms with Crippen molar-refractivity contribution < 1.29 is 9.53 Å². The highest BCUT2D eigenvalue weighted by atomic mass is 35.5. The molecular formula is C10H18ClNO2. The molecule has 0 N–H and O–H groups in total. The lowest BCUT2D eigenvalue weighted by Crippen LogP contribution is -2.42. The third-order valence-electron chi connectivity index (χ3n) is 2.65. The number of likely N-dealkylation sites (tertiary alicyclic amines) is 1. The molecule has 82 valence electrons. The molecule has 4 heteroatoms. The first-order chi connectivity index (χ1) is 6.70. The van der Waals surface area contributed by atoms with Crippen LogP contribution in [-0.4, -0.2) is 42.5 Å². The summed E-state index contributed by atoms with van der Waals surface area (Å²) in [6.45, 7) is 3.38. The van der Waals surface area contributed by atoms with E-state index in [9.17, 15) is 4.79 Å². The molecule has 1 rings (SSSR count). The minimum Gasteiger partial charge on any atom is -0.383 e. The number of nitrogens with zero attached hydrogens (tertiary/aromatic N) is 1. The molecule has 0 radical (unpaired) electrons. The maximum Gasteiger partial charge on any atom is 0.240 e. The Balaban J connectivity index is 2.53. The first-order valence-corrected chi connectivity index (χ1v) is 5.57. The van der Waals surface area contributed by atoms with Gasteiger partial charge in [0.05, 0.1) is 12.6 Å². The van der Waals surface area contributed by atoms with Crippen molar-refractivity contribution in [1.29, 1.82) is 0 Å². The predicted molar refractivity (Wildman–Crippen MR) is 56.5 cm³/mol. The zero-order valence-electron chi connectivity index (χ0n) is 8.83. The van der Waals surface area contributed by atoms with Crippen molar-refractivity contribution in [3.05, 3.63) is 0 Å². The number of hydrogen-bond acceptors (Lipinski definition) is 2. The number of amides is 1. The molecule has 0 bridgehead atoms. The van der Waals surface area contributed by atoms with Gasteiger partial charge in [-0.25, -0.2) is 0 Å². The number of carbonyl (C=O) groups is 1. The highest BCUT2D eigenvalue weighted by Crippen LogP contribution is 2.20. The second-order valence-corrected chi connectivity index (χ2v) is 4.19. The van der Waals surface area contributed by atoms with Crippen LogP contribution in [0, 0.1) is 0 Å². The summed E-state index contributed by atoms with van der Waals surface area (Å²) in [5, 5.41) is -0.368. The van der Waals surface area contributed by atoms with E-state index < -0.39 is 0 Å². The Bertz CT molecular complexity index is 199. The lowest BCUT2D eigenvalue weighted by Gasteiger charge is -2.25. The molecule has 3 nitrogen and oxygen atoms in total. The Morgan fingerprint density at radius 1 is 1.71 bits per heavy atom. The van der Waals surface area contributed by atoms with Gasteiger partial charge >= 0.3 is 0 Å². The number of ether oxygens (including phenoxy) is 1. The van der Waals surface area contributed by atoms with Crippen LogP contribution in [0.3, 0.4) is 0 Å². The monoisotopic (exact) mass is 219 g/mol. The predicted octanol–water partition coefficient (Wildman–Crippen LogP) is 1.64. The highest BCUT2D eigenvalue weighted by molar-refractivity contribution is 6.30. The molecule has 0 aromatic heterocycles. The third-order valence-corrected chi connectivity index (χ3v) is 3.14. The first kappa shape index (κ1) is 11.8. The number of methoxy groups -OCH3 is 1. The van der Waals surface area contributed by atoms with Crippen LogP contribution in [0.4, 0.5) is 0 Å². The van der Waals surface area contributed by atoms with Gasteiger partial charge in [-0.2, -0.15) is 0 Å². The highest BCUT2D eigenvalue weighted by Gasteiger charge is 2.31. The van der Waals surface area contributed by atoms with Gasteiger partial charge in [0, 0.05) is 13.7 Å². The first-order valence-electron chi connectivity index (χ1n) is 5.14. The quantitative estimate of drug-likeness (QED) is 0.673. The molecule has 0 spiro atoms. The molecule has 1 amide bonds. The molecule has 1 aliphatic rings. The van der Waals surface area contributed by atoms with Crippen molar-refractivity contribution in [3.8, 4) is 0 Å². The van der Waals surface area contributed by atoms with E-state index in [-0.39, 0.29) is 17.3 Å². The number of alkyl halides is 1. The number of hydrogen-bond donors (Lipinski definition) is 0. The average Bonchev–Trinajstić information content (AvgIpc) is 2.64. The van der Waals surface area contributed by atoms with E-state index in [4.69, 9.17) is 16.3 Å². The largest absolute Gasteiger partial charge is 0.383 e. The van der Waals surface area contributed by atoms with Crippen molar-refractivity contribution >= 4 is 17.5 Å². The van der Waals surface area contributed by atoms with Gasteiger partial charge in [0.15, 0.2) is 0 Å². The van der Waals surface area contributed by atoms with E-state index in [2.05, 4.69) is 0 Å². The zero-order valence-corrected chi connectivity index (χ0v) is 9.59. The van der Waals surface area contributed by atoms with Crippen molar-refractivity contribution in [2.45, 2.75) is 37.6 Å². The van der Waals surface area contributed by atoms with Gasteiger partial charge in [0.1, 0.15) is 5.38 Å². The Kier molecular flexibility index (Phi) is 4.69. The second kappa shape index (κ2) is 5.56. The van der Waals surface area contributed by atoms with E-state index >= 15 is 0 Å². The normalized spacial score (nSPS) is 23.9. The van der Waals surface area contributed by atoms with Crippen molar-refractivity contribution in [2.75, 3.05) is 20.3 Å². The summed E-state index contributed by atoms with van der Waals surface area (Å²) in [5.41, 5.74) is 0. The fourth-order valence-electron chi connectivity index (χ4n) is 1.85. The SMILES string of the molecule is CC[C@@H](Cl)C(=O)N1CCC[C@@H]1COC. The van der Waals surface area contributed by atoms with Crippen molar-refractivity contribution in [3.63, 3.8) is 0 Å². The number of carbonyl (C=O) groups excluding carboxylic acids is 1. The number of halogens is 1. The van der Waals surface area contributed by atoms with E-state index in [1.54, 1.807) is 7.11 Å². The van der Waals surface area contributed by atoms with Gasteiger partial charge in [-0.15, -0.1) is 11.6 Å². The van der Waals surface area contributed by atoms with Gasteiger partial charge in [0.2, 0.25) is 5.91 Å². The zero-order chi connectivity index (χ0) is 10.6. The van der Waals surface area contributed by atoms with Crippen LogP contribution in [-0.2, 0) is 9.53 Å². The molecule has 1 aliphatic heterocycles. The smallest absolute Gasteiger partial charge is 0.240 e.